The minimum Gasteiger partial charge on any atom is -0.252 e. The zero-order valence-corrected chi connectivity index (χ0v) is 27.1. The fourth-order valence-electron chi connectivity index (χ4n) is 5.62. The van der Waals surface area contributed by atoms with Gasteiger partial charge in [-0.15, -0.1) is 0 Å². The van der Waals surface area contributed by atoms with Crippen molar-refractivity contribution in [2.24, 2.45) is 0 Å². The van der Waals surface area contributed by atoms with Gasteiger partial charge in [0.05, 0.1) is 18.1 Å². The van der Waals surface area contributed by atoms with Crippen LogP contribution in [0.2, 0.25) is 0 Å². The van der Waals surface area contributed by atoms with E-state index in [1.165, 1.54) is 36.8 Å². The molecule has 0 saturated heterocycles. The molecule has 2 aromatic heterocycles. The third-order valence-electron chi connectivity index (χ3n) is 8.75. The van der Waals surface area contributed by atoms with E-state index >= 15 is 0 Å². The minimum absolute atomic E-state index is 0.118. The number of hydrogen-bond donors (Lipinski definition) is 0. The van der Waals surface area contributed by atoms with Gasteiger partial charge in [0.15, 0.2) is 17.5 Å². The van der Waals surface area contributed by atoms with E-state index < -0.39 is 0 Å². The third-order valence-corrected chi connectivity index (χ3v) is 8.75. The molecule has 0 saturated carbocycles. The Balaban J connectivity index is 1.53. The first-order valence-corrected chi connectivity index (χ1v) is 16.1. The van der Waals surface area contributed by atoms with Gasteiger partial charge >= 0.3 is 0 Å². The fourth-order valence-corrected chi connectivity index (χ4v) is 5.62. The Bertz CT molecular complexity index is 1560. The Morgan fingerprint density at radius 1 is 0.477 bits per heavy atom. The Hall–Kier alpha value is -4.25. The van der Waals surface area contributed by atoms with Crippen LogP contribution < -0.4 is 0 Å². The Kier molecular flexibility index (Phi) is 9.63. The predicted molar refractivity (Wildman–Crippen MR) is 182 cm³/mol. The normalized spacial score (nSPS) is 12.0. The number of nitrogens with zero attached hydrogens (tertiary/aromatic N) is 5. The molecule has 0 radical (unpaired) electrons. The quantitative estimate of drug-likeness (QED) is 0.146. The molecule has 3 aromatic carbocycles. The van der Waals surface area contributed by atoms with Crippen LogP contribution in [0.1, 0.15) is 91.2 Å². The van der Waals surface area contributed by atoms with Crippen LogP contribution in [0.3, 0.4) is 0 Å². The van der Waals surface area contributed by atoms with E-state index in [0.29, 0.717) is 23.2 Å². The lowest BCUT2D eigenvalue weighted by Gasteiger charge is -2.25. The third kappa shape index (κ3) is 7.27. The highest BCUT2D eigenvalue weighted by molar-refractivity contribution is 5.66. The molecule has 0 aliphatic rings. The van der Waals surface area contributed by atoms with Crippen LogP contribution in [0.4, 0.5) is 0 Å². The van der Waals surface area contributed by atoms with Crippen LogP contribution in [0.5, 0.6) is 0 Å². The lowest BCUT2D eigenvalue weighted by molar-refractivity contribution is 0.458. The summed E-state index contributed by atoms with van der Waals surface area (Å²) in [6.07, 6.45) is 10.7. The average Bonchev–Trinajstić information content (AvgIpc) is 3.07. The largest absolute Gasteiger partial charge is 0.252 e. The van der Waals surface area contributed by atoms with Crippen LogP contribution in [0.15, 0.2) is 91.3 Å². The summed E-state index contributed by atoms with van der Waals surface area (Å²) in [5, 5.41) is 0. The highest BCUT2D eigenvalue weighted by atomic mass is 15.0. The van der Waals surface area contributed by atoms with E-state index in [1.807, 2.05) is 30.3 Å². The lowest BCUT2D eigenvalue weighted by atomic mass is 9.80. The molecular weight excluding hydrogens is 538 g/mol. The van der Waals surface area contributed by atoms with Crippen LogP contribution in [-0.2, 0) is 10.8 Å². The molecule has 0 bridgehead atoms. The van der Waals surface area contributed by atoms with Crippen LogP contribution in [0, 0.1) is 0 Å². The van der Waals surface area contributed by atoms with E-state index in [0.717, 1.165) is 35.2 Å². The molecule has 226 valence electrons. The van der Waals surface area contributed by atoms with Crippen molar-refractivity contribution < 1.29 is 0 Å². The molecule has 5 heteroatoms. The molecular formula is C39H45N5. The number of rotatable bonds is 12. The first kappa shape index (κ1) is 31.2. The molecule has 0 spiro atoms. The minimum atomic E-state index is 0.118. The van der Waals surface area contributed by atoms with Gasteiger partial charge in [-0.2, -0.15) is 0 Å². The van der Waals surface area contributed by atoms with E-state index in [1.54, 1.807) is 12.4 Å². The van der Waals surface area contributed by atoms with Gasteiger partial charge in [0.25, 0.3) is 0 Å². The maximum Gasteiger partial charge on any atom is 0.184 e. The van der Waals surface area contributed by atoms with Gasteiger partial charge in [0.2, 0.25) is 0 Å². The van der Waals surface area contributed by atoms with Gasteiger partial charge < -0.3 is 0 Å². The Morgan fingerprint density at radius 2 is 0.909 bits per heavy atom. The van der Waals surface area contributed by atoms with Crippen molar-refractivity contribution in [3.63, 3.8) is 0 Å². The molecule has 5 nitrogen and oxygen atoms in total. The summed E-state index contributed by atoms with van der Waals surface area (Å²) < 4.78 is 0. The molecule has 0 unspecified atom stereocenters. The van der Waals surface area contributed by atoms with Crippen LogP contribution in [-0.4, -0.2) is 24.9 Å². The molecule has 0 aliphatic carbocycles. The summed E-state index contributed by atoms with van der Waals surface area (Å²) in [5.41, 5.74) is 7.25. The Morgan fingerprint density at radius 3 is 1.34 bits per heavy atom. The van der Waals surface area contributed by atoms with Crippen molar-refractivity contribution >= 4 is 0 Å². The van der Waals surface area contributed by atoms with Gasteiger partial charge in [-0.25, -0.2) is 19.9 Å². The summed E-state index contributed by atoms with van der Waals surface area (Å²) in [7, 11) is 0. The lowest BCUT2D eigenvalue weighted by Crippen LogP contribution is -2.16. The monoisotopic (exact) mass is 583 g/mol. The predicted octanol–water partition coefficient (Wildman–Crippen LogP) is 10.3. The number of hydrogen-bond acceptors (Lipinski definition) is 5. The van der Waals surface area contributed by atoms with Crippen molar-refractivity contribution in [1.29, 1.82) is 0 Å². The summed E-state index contributed by atoms with van der Waals surface area (Å²) in [6.45, 7) is 13.8. The molecule has 5 aromatic rings. The maximum absolute atomic E-state index is 4.98. The number of benzene rings is 3. The van der Waals surface area contributed by atoms with Gasteiger partial charge in [0, 0.05) is 16.7 Å². The van der Waals surface area contributed by atoms with Gasteiger partial charge in [0.1, 0.15) is 5.69 Å². The first-order chi connectivity index (χ1) is 21.2. The van der Waals surface area contributed by atoms with Gasteiger partial charge in [-0.3, -0.25) is 4.98 Å². The summed E-state index contributed by atoms with van der Waals surface area (Å²) in [4.78, 5) is 24.2. The summed E-state index contributed by atoms with van der Waals surface area (Å²) >= 11 is 0. The van der Waals surface area contributed by atoms with E-state index in [4.69, 9.17) is 24.9 Å². The van der Waals surface area contributed by atoms with E-state index in [9.17, 15) is 0 Å². The molecule has 5 rings (SSSR count). The second-order valence-corrected chi connectivity index (χ2v) is 13.1. The topological polar surface area (TPSA) is 64.5 Å². The molecule has 2 heterocycles. The number of unbranched alkanes of at least 4 members (excludes halogenated alkanes) is 2. The van der Waals surface area contributed by atoms with Gasteiger partial charge in [-0.1, -0.05) is 146 Å². The van der Waals surface area contributed by atoms with Crippen molar-refractivity contribution in [3.8, 4) is 45.6 Å². The SMILES string of the molecule is CCCCC(C)(C)c1ccc(-c2nc(-c3ccc(C(C)(C)CCCC)cc3)nc(-c3cnc(-c4ccccc4)cn3)n2)cc1. The zero-order valence-electron chi connectivity index (χ0n) is 27.1. The summed E-state index contributed by atoms with van der Waals surface area (Å²) in [6, 6.07) is 27.5. The standard InChI is InChI=1S/C39H45N5/c1-7-9-24-38(3,4)31-20-16-29(17-21-31)35-42-36(30-18-22-32(23-19-30)39(5,6)25-10-8-2)44-37(43-35)34-27-40-33(26-41-34)28-14-12-11-13-15-28/h11-23,26-27H,7-10,24-25H2,1-6H3. The smallest absolute Gasteiger partial charge is 0.184 e. The average molecular weight is 584 g/mol. The van der Waals surface area contributed by atoms with Crippen LogP contribution in [0.25, 0.3) is 45.6 Å². The Labute approximate surface area is 263 Å². The second kappa shape index (κ2) is 13.6. The van der Waals surface area contributed by atoms with E-state index in [2.05, 4.69) is 90.1 Å². The van der Waals surface area contributed by atoms with Crippen molar-refractivity contribution in [1.82, 2.24) is 24.9 Å². The fraction of sp³-hybridized carbons (Fsp3) is 0.359. The van der Waals surface area contributed by atoms with Crippen molar-refractivity contribution in [2.75, 3.05) is 0 Å². The molecule has 0 N–H and O–H groups in total. The zero-order chi connectivity index (χ0) is 31.2. The van der Waals surface area contributed by atoms with Gasteiger partial charge in [-0.05, 0) is 34.8 Å². The van der Waals surface area contributed by atoms with E-state index in [-0.39, 0.29) is 10.8 Å². The second-order valence-electron chi connectivity index (χ2n) is 13.1. The summed E-state index contributed by atoms with van der Waals surface area (Å²) in [5.74, 6) is 1.77. The highest BCUT2D eigenvalue weighted by Gasteiger charge is 2.22. The maximum atomic E-state index is 4.98. The molecule has 0 aliphatic heterocycles. The van der Waals surface area contributed by atoms with Crippen molar-refractivity contribution in [2.45, 2.75) is 90.9 Å². The molecule has 0 fully saturated rings. The molecule has 0 atom stereocenters. The van der Waals surface area contributed by atoms with Crippen LogP contribution >= 0.6 is 0 Å². The van der Waals surface area contributed by atoms with Crippen molar-refractivity contribution in [3.05, 3.63) is 102 Å². The molecule has 0 amide bonds. The first-order valence-electron chi connectivity index (χ1n) is 16.1. The molecule has 44 heavy (non-hydrogen) atoms. The number of aromatic nitrogens is 5. The highest BCUT2D eigenvalue weighted by Crippen LogP contribution is 2.33.